The van der Waals surface area contributed by atoms with E-state index in [9.17, 15) is 0 Å². The second-order valence-corrected chi connectivity index (χ2v) is 15.9. The first-order valence-corrected chi connectivity index (χ1v) is 20.1. The fraction of sp³-hybridized carbons (Fsp3) is 0.0357. The summed E-state index contributed by atoms with van der Waals surface area (Å²) in [6.45, 7) is 0. The highest BCUT2D eigenvalue weighted by Crippen LogP contribution is 2.64. The highest BCUT2D eigenvalue weighted by molar-refractivity contribution is 6.05. The summed E-state index contributed by atoms with van der Waals surface area (Å²) in [5, 5.41) is 0. The fourth-order valence-corrected chi connectivity index (χ4v) is 11.1. The van der Waals surface area contributed by atoms with Gasteiger partial charge in [-0.25, -0.2) is 0 Å². The van der Waals surface area contributed by atoms with Crippen LogP contribution < -0.4 is 4.90 Å². The first-order valence-electron chi connectivity index (χ1n) is 20.1. The van der Waals surface area contributed by atoms with Crippen molar-refractivity contribution in [1.29, 1.82) is 0 Å². The van der Waals surface area contributed by atoms with Crippen LogP contribution in [0.1, 0.15) is 33.4 Å². The quantitative estimate of drug-likeness (QED) is 0.163. The molecule has 13 rings (SSSR count). The predicted molar refractivity (Wildman–Crippen MR) is 236 cm³/mol. The Morgan fingerprint density at radius 2 is 0.754 bits per heavy atom. The number of para-hydroxylation sites is 2. The Labute approximate surface area is 332 Å². The van der Waals surface area contributed by atoms with Gasteiger partial charge in [0, 0.05) is 16.8 Å². The maximum atomic E-state index is 2.50. The average molecular weight is 722 g/mol. The van der Waals surface area contributed by atoms with Gasteiger partial charge < -0.3 is 4.90 Å². The van der Waals surface area contributed by atoms with Gasteiger partial charge in [0.25, 0.3) is 0 Å². The summed E-state index contributed by atoms with van der Waals surface area (Å²) < 4.78 is 0. The molecular weight excluding hydrogens is 687 g/mol. The van der Waals surface area contributed by atoms with E-state index in [0.29, 0.717) is 0 Å². The van der Waals surface area contributed by atoms with E-state index >= 15 is 0 Å². The van der Waals surface area contributed by atoms with Gasteiger partial charge in [-0.05, 0) is 120 Å². The standard InChI is InChI=1S/C56H35N/c1-2-16-38-35(15-1)33-36-29-31-51-55(54(36)38)46-24-8-12-26-49(46)56(51)48-25-11-7-21-43(48)39-17-3-6-20-42(39)47-34-37(30-32-50(47)56)57-52-27-13-9-22-44(52)40-18-4-5-19-41(40)45-23-10-14-28-53(45)57/h1-32,34H,33H2. The summed E-state index contributed by atoms with van der Waals surface area (Å²) in [5.74, 6) is 0. The number of fused-ring (bicyclic) bond motifs is 21. The molecule has 1 atom stereocenters. The van der Waals surface area contributed by atoms with Gasteiger partial charge >= 0.3 is 0 Å². The molecule has 9 aromatic carbocycles. The summed E-state index contributed by atoms with van der Waals surface area (Å²) in [6, 6.07) is 75.6. The van der Waals surface area contributed by atoms with Gasteiger partial charge in [0.15, 0.2) is 0 Å². The molecule has 1 heteroatoms. The fourth-order valence-electron chi connectivity index (χ4n) is 11.1. The van der Waals surface area contributed by atoms with E-state index in [2.05, 4.69) is 205 Å². The van der Waals surface area contributed by atoms with Crippen molar-refractivity contribution in [3.8, 4) is 66.8 Å². The molecule has 1 heterocycles. The molecule has 1 spiro atoms. The van der Waals surface area contributed by atoms with E-state index in [1.165, 1.54) is 112 Å². The van der Waals surface area contributed by atoms with Crippen LogP contribution in [0.5, 0.6) is 0 Å². The maximum absolute atomic E-state index is 2.50. The Kier molecular flexibility index (Phi) is 6.21. The molecule has 1 unspecified atom stereocenters. The summed E-state index contributed by atoms with van der Waals surface area (Å²) in [4.78, 5) is 2.50. The second kappa shape index (κ2) is 11.4. The zero-order chi connectivity index (χ0) is 37.2. The molecule has 1 aliphatic heterocycles. The topological polar surface area (TPSA) is 3.24 Å². The van der Waals surface area contributed by atoms with E-state index in [1.807, 2.05) is 0 Å². The molecule has 0 aromatic heterocycles. The lowest BCUT2D eigenvalue weighted by Gasteiger charge is -2.36. The molecular formula is C56H35N. The lowest BCUT2D eigenvalue weighted by Crippen LogP contribution is -2.29. The number of nitrogens with zero attached hydrogens (tertiary/aromatic N) is 1. The highest BCUT2D eigenvalue weighted by atomic mass is 15.1. The van der Waals surface area contributed by atoms with Crippen LogP contribution >= 0.6 is 0 Å². The molecule has 57 heavy (non-hydrogen) atoms. The van der Waals surface area contributed by atoms with Crippen molar-refractivity contribution in [2.75, 3.05) is 4.90 Å². The number of hydrogen-bond acceptors (Lipinski definition) is 1. The van der Waals surface area contributed by atoms with Crippen LogP contribution in [0.3, 0.4) is 0 Å². The lowest BCUT2D eigenvalue weighted by molar-refractivity contribution is 0.775. The van der Waals surface area contributed by atoms with Crippen molar-refractivity contribution in [3.05, 3.63) is 234 Å². The Bertz CT molecular complexity index is 3120. The minimum atomic E-state index is -0.549. The second-order valence-electron chi connectivity index (χ2n) is 15.9. The van der Waals surface area contributed by atoms with E-state index in [-0.39, 0.29) is 0 Å². The van der Waals surface area contributed by atoms with Crippen molar-refractivity contribution in [3.63, 3.8) is 0 Å². The normalized spacial score (nSPS) is 15.7. The first-order chi connectivity index (χ1) is 28.3. The summed E-state index contributed by atoms with van der Waals surface area (Å²) in [5.41, 5.74) is 26.7. The van der Waals surface area contributed by atoms with Gasteiger partial charge in [-0.3, -0.25) is 0 Å². The third-order valence-electron chi connectivity index (χ3n) is 13.3. The Morgan fingerprint density at radius 1 is 0.298 bits per heavy atom. The predicted octanol–water partition coefficient (Wildman–Crippen LogP) is 14.4. The van der Waals surface area contributed by atoms with Crippen molar-refractivity contribution in [2.45, 2.75) is 11.8 Å². The van der Waals surface area contributed by atoms with Crippen LogP contribution in [-0.4, -0.2) is 0 Å². The van der Waals surface area contributed by atoms with Crippen LogP contribution in [0.15, 0.2) is 200 Å². The van der Waals surface area contributed by atoms with Crippen molar-refractivity contribution in [1.82, 2.24) is 0 Å². The molecule has 0 radical (unpaired) electrons. The summed E-state index contributed by atoms with van der Waals surface area (Å²) in [6.07, 6.45) is 0.971. The van der Waals surface area contributed by atoms with E-state index in [0.717, 1.165) is 12.1 Å². The van der Waals surface area contributed by atoms with Gasteiger partial charge in [-0.15, -0.1) is 0 Å². The molecule has 9 aromatic rings. The van der Waals surface area contributed by atoms with Gasteiger partial charge in [0.2, 0.25) is 0 Å². The Hall–Kier alpha value is -7.22. The third kappa shape index (κ3) is 3.98. The average Bonchev–Trinajstić information content (AvgIpc) is 3.73. The smallest absolute Gasteiger partial charge is 0.0725 e. The van der Waals surface area contributed by atoms with Gasteiger partial charge in [-0.2, -0.15) is 0 Å². The molecule has 4 aliphatic rings. The minimum Gasteiger partial charge on any atom is -0.309 e. The van der Waals surface area contributed by atoms with Crippen LogP contribution in [0.2, 0.25) is 0 Å². The Balaban J connectivity index is 1.16. The van der Waals surface area contributed by atoms with E-state index < -0.39 is 5.41 Å². The van der Waals surface area contributed by atoms with Crippen LogP contribution in [0, 0.1) is 0 Å². The lowest BCUT2D eigenvalue weighted by atomic mass is 9.65. The molecule has 0 fully saturated rings. The molecule has 0 bridgehead atoms. The largest absolute Gasteiger partial charge is 0.309 e. The van der Waals surface area contributed by atoms with Crippen LogP contribution in [0.25, 0.3) is 66.8 Å². The zero-order valence-corrected chi connectivity index (χ0v) is 31.2. The van der Waals surface area contributed by atoms with E-state index in [1.54, 1.807) is 0 Å². The SMILES string of the molecule is c1ccc2c(c1)Cc1ccc3c(c1-2)-c1ccccc1C31c2ccccc2-c2ccccc2-c2cc(N3c4ccccc4-c4ccccc4-c4ccccc43)ccc21. The van der Waals surface area contributed by atoms with E-state index in [4.69, 9.17) is 0 Å². The first kappa shape index (κ1) is 31.0. The molecule has 0 amide bonds. The summed E-state index contributed by atoms with van der Waals surface area (Å²) in [7, 11) is 0. The number of hydrogen-bond donors (Lipinski definition) is 0. The van der Waals surface area contributed by atoms with Crippen molar-refractivity contribution < 1.29 is 0 Å². The zero-order valence-electron chi connectivity index (χ0n) is 31.2. The van der Waals surface area contributed by atoms with Gasteiger partial charge in [-0.1, -0.05) is 176 Å². The molecule has 0 N–H and O–H groups in total. The summed E-state index contributed by atoms with van der Waals surface area (Å²) >= 11 is 0. The number of anilines is 3. The monoisotopic (exact) mass is 721 g/mol. The molecule has 0 saturated heterocycles. The third-order valence-corrected chi connectivity index (χ3v) is 13.3. The molecule has 264 valence electrons. The minimum absolute atomic E-state index is 0.549. The van der Waals surface area contributed by atoms with Crippen LogP contribution in [0.4, 0.5) is 17.1 Å². The van der Waals surface area contributed by atoms with Gasteiger partial charge in [0.1, 0.15) is 0 Å². The Morgan fingerprint density at radius 3 is 1.42 bits per heavy atom. The number of rotatable bonds is 1. The van der Waals surface area contributed by atoms with Crippen LogP contribution in [-0.2, 0) is 11.8 Å². The number of benzene rings is 9. The molecule has 1 nitrogen and oxygen atoms in total. The molecule has 0 saturated carbocycles. The van der Waals surface area contributed by atoms with Crippen molar-refractivity contribution in [2.24, 2.45) is 0 Å². The van der Waals surface area contributed by atoms with Gasteiger partial charge in [0.05, 0.1) is 16.8 Å². The highest BCUT2D eigenvalue weighted by Gasteiger charge is 2.51. The van der Waals surface area contributed by atoms with Crippen molar-refractivity contribution >= 4 is 17.1 Å². The maximum Gasteiger partial charge on any atom is 0.0725 e. The molecule has 3 aliphatic carbocycles.